The lowest BCUT2D eigenvalue weighted by molar-refractivity contribution is 0.902. The van der Waals surface area contributed by atoms with Gasteiger partial charge in [0.2, 0.25) is 5.96 Å². The molecule has 96 valence electrons. The molecule has 0 amide bonds. The number of nitrogens with two attached hydrogens (primary N) is 1. The van der Waals surface area contributed by atoms with Crippen LogP contribution in [0.5, 0.6) is 0 Å². The van der Waals surface area contributed by atoms with Crippen molar-refractivity contribution in [3.05, 3.63) is 36.3 Å². The molecule has 0 radical (unpaired) electrons. The van der Waals surface area contributed by atoms with Crippen LogP contribution in [-0.4, -0.2) is 25.3 Å². The van der Waals surface area contributed by atoms with E-state index in [4.69, 9.17) is 11.1 Å². The summed E-state index contributed by atoms with van der Waals surface area (Å²) in [6, 6.07) is 6.09. The molecule has 0 fully saturated rings. The monoisotopic (exact) mass is 254 g/mol. The van der Waals surface area contributed by atoms with E-state index in [1.807, 2.05) is 23.7 Å². The van der Waals surface area contributed by atoms with Gasteiger partial charge in [-0.25, -0.2) is 9.67 Å². The molecule has 3 aromatic rings. The molecular weight excluding hydrogens is 240 g/mol. The highest BCUT2D eigenvalue weighted by Gasteiger charge is 2.08. The second kappa shape index (κ2) is 3.94. The Labute approximate surface area is 110 Å². The van der Waals surface area contributed by atoms with Crippen LogP contribution in [0.3, 0.4) is 0 Å². The third-order valence-electron chi connectivity index (χ3n) is 3.24. The van der Waals surface area contributed by atoms with E-state index in [1.165, 1.54) is 10.4 Å². The number of aromatic nitrogens is 4. The van der Waals surface area contributed by atoms with Crippen molar-refractivity contribution in [2.75, 3.05) is 0 Å². The van der Waals surface area contributed by atoms with Crippen molar-refractivity contribution in [2.45, 2.75) is 6.92 Å². The SMILES string of the molecule is Cc1cc2ccc(-c3cnn(C(=N)N)c3)nc2n1C. The van der Waals surface area contributed by atoms with E-state index in [2.05, 4.69) is 23.1 Å². The fraction of sp³-hybridized carbons (Fsp3) is 0.154. The fourth-order valence-electron chi connectivity index (χ4n) is 2.08. The third kappa shape index (κ3) is 1.77. The standard InChI is InChI=1S/C13H14N6/c1-8-5-9-3-4-11(17-12(9)18(8)2)10-6-16-19(7-10)13(14)15/h3-7H,1-2H3,(H3,14,15). The Morgan fingerprint density at radius 2 is 2.16 bits per heavy atom. The van der Waals surface area contributed by atoms with E-state index in [0.29, 0.717) is 0 Å². The van der Waals surface area contributed by atoms with Gasteiger partial charge < -0.3 is 10.3 Å². The van der Waals surface area contributed by atoms with Gasteiger partial charge in [-0.2, -0.15) is 5.10 Å². The van der Waals surface area contributed by atoms with Crippen LogP contribution in [0.25, 0.3) is 22.3 Å². The highest BCUT2D eigenvalue weighted by Crippen LogP contribution is 2.22. The maximum Gasteiger partial charge on any atom is 0.213 e. The maximum atomic E-state index is 7.33. The highest BCUT2D eigenvalue weighted by atomic mass is 15.3. The first kappa shape index (κ1) is 11.5. The Morgan fingerprint density at radius 3 is 2.84 bits per heavy atom. The van der Waals surface area contributed by atoms with Crippen LogP contribution in [-0.2, 0) is 7.05 Å². The van der Waals surface area contributed by atoms with Gasteiger partial charge in [0, 0.05) is 29.9 Å². The number of hydrogen-bond donors (Lipinski definition) is 2. The zero-order valence-electron chi connectivity index (χ0n) is 10.8. The number of fused-ring (bicyclic) bond motifs is 1. The largest absolute Gasteiger partial charge is 0.368 e. The van der Waals surface area contributed by atoms with Crippen molar-refractivity contribution in [3.8, 4) is 11.3 Å². The number of nitrogen functional groups attached to an aromatic ring is 1. The molecule has 19 heavy (non-hydrogen) atoms. The number of rotatable bonds is 1. The van der Waals surface area contributed by atoms with E-state index >= 15 is 0 Å². The summed E-state index contributed by atoms with van der Waals surface area (Å²) >= 11 is 0. The summed E-state index contributed by atoms with van der Waals surface area (Å²) in [6.45, 7) is 2.05. The zero-order chi connectivity index (χ0) is 13.6. The minimum Gasteiger partial charge on any atom is -0.368 e. The van der Waals surface area contributed by atoms with Crippen molar-refractivity contribution in [2.24, 2.45) is 12.8 Å². The molecule has 0 saturated heterocycles. The second-order valence-electron chi connectivity index (χ2n) is 4.51. The molecular formula is C13H14N6. The molecule has 0 saturated carbocycles. The summed E-state index contributed by atoms with van der Waals surface area (Å²) in [5.74, 6) is -0.109. The molecule has 0 unspecified atom stereocenters. The fourth-order valence-corrected chi connectivity index (χ4v) is 2.08. The summed E-state index contributed by atoms with van der Waals surface area (Å²) in [5.41, 5.74) is 9.15. The number of aryl methyl sites for hydroxylation is 2. The first-order valence-electron chi connectivity index (χ1n) is 5.89. The first-order chi connectivity index (χ1) is 9.06. The number of nitrogens with zero attached hydrogens (tertiary/aromatic N) is 4. The Bertz CT molecular complexity index is 780. The maximum absolute atomic E-state index is 7.33. The lowest BCUT2D eigenvalue weighted by Gasteiger charge is -2.00. The lowest BCUT2D eigenvalue weighted by Crippen LogP contribution is -2.20. The predicted molar refractivity (Wildman–Crippen MR) is 74.0 cm³/mol. The van der Waals surface area contributed by atoms with E-state index in [9.17, 15) is 0 Å². The van der Waals surface area contributed by atoms with Crippen molar-refractivity contribution in [1.29, 1.82) is 5.41 Å². The Balaban J connectivity index is 2.14. The number of pyridine rings is 1. The molecule has 0 aromatic carbocycles. The van der Waals surface area contributed by atoms with Gasteiger partial charge in [-0.05, 0) is 25.1 Å². The first-order valence-corrected chi connectivity index (χ1v) is 5.89. The third-order valence-corrected chi connectivity index (χ3v) is 3.24. The van der Waals surface area contributed by atoms with E-state index in [-0.39, 0.29) is 5.96 Å². The van der Waals surface area contributed by atoms with Crippen LogP contribution in [0.15, 0.2) is 30.6 Å². The summed E-state index contributed by atoms with van der Waals surface area (Å²) < 4.78 is 3.37. The Morgan fingerprint density at radius 1 is 1.37 bits per heavy atom. The van der Waals surface area contributed by atoms with Gasteiger partial charge in [0.1, 0.15) is 5.65 Å². The van der Waals surface area contributed by atoms with Crippen molar-refractivity contribution < 1.29 is 0 Å². The second-order valence-corrected chi connectivity index (χ2v) is 4.51. The number of hydrogen-bond acceptors (Lipinski definition) is 3. The summed E-state index contributed by atoms with van der Waals surface area (Å²) in [4.78, 5) is 4.64. The Kier molecular flexibility index (Phi) is 2.38. The van der Waals surface area contributed by atoms with Crippen LogP contribution in [0.4, 0.5) is 0 Å². The van der Waals surface area contributed by atoms with Crippen molar-refractivity contribution in [1.82, 2.24) is 19.3 Å². The van der Waals surface area contributed by atoms with Crippen LogP contribution in [0, 0.1) is 12.3 Å². The van der Waals surface area contributed by atoms with E-state index in [0.717, 1.165) is 22.3 Å². The molecule has 0 aliphatic rings. The molecule has 3 rings (SSSR count). The van der Waals surface area contributed by atoms with Gasteiger partial charge in [-0.1, -0.05) is 0 Å². The summed E-state index contributed by atoms with van der Waals surface area (Å²) in [6.07, 6.45) is 3.36. The average Bonchev–Trinajstić information content (AvgIpc) is 2.96. The summed E-state index contributed by atoms with van der Waals surface area (Å²) in [7, 11) is 1.99. The van der Waals surface area contributed by atoms with Gasteiger partial charge in [0.05, 0.1) is 11.9 Å². The Hall–Kier alpha value is -2.63. The van der Waals surface area contributed by atoms with Gasteiger partial charge in [0.15, 0.2) is 0 Å². The molecule has 0 aliphatic heterocycles. The minimum atomic E-state index is -0.109. The number of nitrogens with one attached hydrogen (secondary N) is 1. The molecule has 3 N–H and O–H groups in total. The average molecular weight is 254 g/mol. The predicted octanol–water partition coefficient (Wildman–Crippen LogP) is 1.49. The van der Waals surface area contributed by atoms with Crippen molar-refractivity contribution >= 4 is 17.0 Å². The smallest absolute Gasteiger partial charge is 0.213 e. The minimum absolute atomic E-state index is 0.109. The van der Waals surface area contributed by atoms with Gasteiger partial charge in [-0.3, -0.25) is 5.41 Å². The molecule has 3 heterocycles. The molecule has 3 aromatic heterocycles. The highest BCUT2D eigenvalue weighted by molar-refractivity contribution is 5.81. The van der Waals surface area contributed by atoms with E-state index < -0.39 is 0 Å². The van der Waals surface area contributed by atoms with Crippen molar-refractivity contribution in [3.63, 3.8) is 0 Å². The normalized spacial score (nSPS) is 11.1. The molecule has 6 heteroatoms. The zero-order valence-corrected chi connectivity index (χ0v) is 10.8. The molecule has 0 aliphatic carbocycles. The van der Waals surface area contributed by atoms with Gasteiger partial charge >= 0.3 is 0 Å². The van der Waals surface area contributed by atoms with Gasteiger partial charge in [0.25, 0.3) is 0 Å². The molecule has 6 nitrogen and oxygen atoms in total. The quantitative estimate of drug-likeness (QED) is 0.509. The van der Waals surface area contributed by atoms with Crippen LogP contribution >= 0.6 is 0 Å². The topological polar surface area (TPSA) is 85.5 Å². The summed E-state index contributed by atoms with van der Waals surface area (Å²) in [5, 5.41) is 12.5. The van der Waals surface area contributed by atoms with E-state index in [1.54, 1.807) is 12.4 Å². The van der Waals surface area contributed by atoms with Gasteiger partial charge in [-0.15, -0.1) is 0 Å². The van der Waals surface area contributed by atoms with Crippen LogP contribution < -0.4 is 5.73 Å². The van der Waals surface area contributed by atoms with Crippen LogP contribution in [0.1, 0.15) is 5.69 Å². The molecule has 0 bridgehead atoms. The molecule has 0 atom stereocenters. The molecule has 0 spiro atoms. The lowest BCUT2D eigenvalue weighted by atomic mass is 10.2. The van der Waals surface area contributed by atoms with Crippen LogP contribution in [0.2, 0.25) is 0 Å².